The molecule has 0 radical (unpaired) electrons. The lowest BCUT2D eigenvalue weighted by Crippen LogP contribution is -2.19. The van der Waals surface area contributed by atoms with E-state index < -0.39 is 5.91 Å². The van der Waals surface area contributed by atoms with Crippen molar-refractivity contribution in [2.24, 2.45) is 5.10 Å². The average molecular weight is 300 g/mol. The van der Waals surface area contributed by atoms with Crippen molar-refractivity contribution in [3.8, 4) is 17.2 Å². The second-order valence-corrected chi connectivity index (χ2v) is 4.81. The number of hydrazone groups is 1. The normalized spacial score (nSPS) is 11.3. The topological polar surface area (TPSA) is 102 Å². The first-order chi connectivity index (χ1) is 10.4. The number of carbonyl (C=O) groups excluding carboxylic acids is 1. The first kappa shape index (κ1) is 15.4. The monoisotopic (exact) mass is 300 g/mol. The Balaban J connectivity index is 2.20. The largest absolute Gasteiger partial charge is 0.508 e. The molecule has 0 bridgehead atoms. The highest BCUT2D eigenvalue weighted by Gasteiger charge is 2.12. The van der Waals surface area contributed by atoms with Crippen LogP contribution in [0.25, 0.3) is 0 Å². The molecular formula is C16H16N2O4. The summed E-state index contributed by atoms with van der Waals surface area (Å²) in [6.45, 7) is 3.29. The van der Waals surface area contributed by atoms with Gasteiger partial charge in [0.2, 0.25) is 0 Å². The van der Waals surface area contributed by atoms with Crippen LogP contribution >= 0.6 is 0 Å². The van der Waals surface area contributed by atoms with Gasteiger partial charge in [-0.2, -0.15) is 5.10 Å². The van der Waals surface area contributed by atoms with Crippen LogP contribution in [0.3, 0.4) is 0 Å². The number of nitrogens with one attached hydrogen (secondary N) is 1. The number of rotatable bonds is 3. The van der Waals surface area contributed by atoms with Gasteiger partial charge in [-0.3, -0.25) is 4.79 Å². The van der Waals surface area contributed by atoms with Gasteiger partial charge in [-0.1, -0.05) is 12.1 Å². The van der Waals surface area contributed by atoms with Gasteiger partial charge in [-0.25, -0.2) is 5.43 Å². The zero-order chi connectivity index (χ0) is 16.3. The highest BCUT2D eigenvalue weighted by Crippen LogP contribution is 2.23. The lowest BCUT2D eigenvalue weighted by Gasteiger charge is -2.07. The molecule has 2 aromatic carbocycles. The van der Waals surface area contributed by atoms with Crippen LogP contribution in [-0.2, 0) is 0 Å². The number of aryl methyl sites for hydroxylation is 1. The Bertz CT molecular complexity index is 754. The van der Waals surface area contributed by atoms with Crippen molar-refractivity contribution >= 4 is 11.6 Å². The van der Waals surface area contributed by atoms with Crippen molar-refractivity contribution < 1.29 is 20.1 Å². The molecule has 0 atom stereocenters. The molecule has 2 aromatic rings. The lowest BCUT2D eigenvalue weighted by molar-refractivity contribution is 0.0952. The molecule has 0 unspecified atom stereocenters. The summed E-state index contributed by atoms with van der Waals surface area (Å²) in [6, 6.07) is 8.91. The minimum absolute atomic E-state index is 0.0669. The van der Waals surface area contributed by atoms with Gasteiger partial charge < -0.3 is 15.3 Å². The molecule has 6 heteroatoms. The molecule has 0 fully saturated rings. The van der Waals surface area contributed by atoms with Crippen LogP contribution in [0.1, 0.15) is 28.4 Å². The number of phenolic OH excluding ortho intramolecular Hbond substituents is 3. The summed E-state index contributed by atoms with van der Waals surface area (Å²) in [5.74, 6) is -0.865. The Morgan fingerprint density at radius 2 is 1.82 bits per heavy atom. The van der Waals surface area contributed by atoms with Crippen LogP contribution in [0.2, 0.25) is 0 Å². The van der Waals surface area contributed by atoms with Crippen LogP contribution in [0.4, 0.5) is 0 Å². The molecule has 0 saturated heterocycles. The second-order valence-electron chi connectivity index (χ2n) is 4.81. The number of nitrogens with zero attached hydrogens (tertiary/aromatic N) is 1. The molecule has 0 aromatic heterocycles. The number of amides is 1. The van der Waals surface area contributed by atoms with E-state index in [0.717, 1.165) is 0 Å². The molecule has 4 N–H and O–H groups in total. The Morgan fingerprint density at radius 1 is 1.09 bits per heavy atom. The van der Waals surface area contributed by atoms with Crippen molar-refractivity contribution in [3.63, 3.8) is 0 Å². The van der Waals surface area contributed by atoms with Crippen LogP contribution in [0, 0.1) is 6.92 Å². The third-order valence-electron chi connectivity index (χ3n) is 3.18. The number of para-hydroxylation sites is 1. The maximum absolute atomic E-state index is 12.0. The zero-order valence-corrected chi connectivity index (χ0v) is 12.2. The molecule has 0 saturated carbocycles. The number of hydrogen-bond acceptors (Lipinski definition) is 5. The highest BCUT2D eigenvalue weighted by molar-refractivity contribution is 6.03. The Morgan fingerprint density at radius 3 is 2.50 bits per heavy atom. The van der Waals surface area contributed by atoms with E-state index >= 15 is 0 Å². The molecule has 0 spiro atoms. The smallest absolute Gasteiger partial charge is 0.275 e. The lowest BCUT2D eigenvalue weighted by atomic mass is 10.1. The first-order valence-electron chi connectivity index (χ1n) is 6.55. The molecule has 22 heavy (non-hydrogen) atoms. The standard InChI is InChI=1S/C16H16N2O4/c1-9-4-3-5-13(15(9)21)16(22)18-17-10(2)12-7-6-11(19)8-14(12)20/h3-8,19-21H,1-2H3,(H,18,22)/b17-10-. The summed E-state index contributed by atoms with van der Waals surface area (Å²) in [4.78, 5) is 12.0. The van der Waals surface area contributed by atoms with Crippen molar-refractivity contribution in [3.05, 3.63) is 53.1 Å². The fourth-order valence-electron chi connectivity index (χ4n) is 1.92. The molecule has 0 aliphatic rings. The Kier molecular flexibility index (Phi) is 4.31. The first-order valence-corrected chi connectivity index (χ1v) is 6.55. The van der Waals surface area contributed by atoms with Gasteiger partial charge in [0.15, 0.2) is 0 Å². The summed E-state index contributed by atoms with van der Waals surface area (Å²) >= 11 is 0. The quantitative estimate of drug-likeness (QED) is 0.516. The SMILES string of the molecule is C/C(=N/NC(=O)c1cccc(C)c1O)c1ccc(O)cc1O. The molecule has 0 heterocycles. The van der Waals surface area contributed by atoms with Crippen molar-refractivity contribution in [1.29, 1.82) is 0 Å². The predicted molar refractivity (Wildman–Crippen MR) is 82.3 cm³/mol. The van der Waals surface area contributed by atoms with Gasteiger partial charge >= 0.3 is 0 Å². The minimum atomic E-state index is -0.557. The number of hydrogen-bond donors (Lipinski definition) is 4. The van der Waals surface area contributed by atoms with Gasteiger partial charge in [-0.05, 0) is 37.6 Å². The predicted octanol–water partition coefficient (Wildman–Crippen LogP) is 2.27. The fourth-order valence-corrected chi connectivity index (χ4v) is 1.92. The Labute approximate surface area is 127 Å². The zero-order valence-electron chi connectivity index (χ0n) is 12.2. The van der Waals surface area contributed by atoms with Crippen molar-refractivity contribution in [1.82, 2.24) is 5.43 Å². The van der Waals surface area contributed by atoms with Gasteiger partial charge in [0.25, 0.3) is 5.91 Å². The molecule has 2 rings (SSSR count). The van der Waals surface area contributed by atoms with E-state index in [2.05, 4.69) is 10.5 Å². The number of benzene rings is 2. The third-order valence-corrected chi connectivity index (χ3v) is 3.18. The van der Waals surface area contributed by atoms with Crippen LogP contribution < -0.4 is 5.43 Å². The fraction of sp³-hybridized carbons (Fsp3) is 0.125. The van der Waals surface area contributed by atoms with Gasteiger partial charge in [0, 0.05) is 11.6 Å². The van der Waals surface area contributed by atoms with E-state index in [1.165, 1.54) is 24.3 Å². The van der Waals surface area contributed by atoms with E-state index in [1.54, 1.807) is 26.0 Å². The molecule has 1 amide bonds. The summed E-state index contributed by atoms with van der Waals surface area (Å²) in [5.41, 5.74) is 3.77. The second kappa shape index (κ2) is 6.17. The van der Waals surface area contributed by atoms with E-state index in [0.29, 0.717) is 16.8 Å². The van der Waals surface area contributed by atoms with Crippen LogP contribution in [-0.4, -0.2) is 26.9 Å². The average Bonchev–Trinajstić information content (AvgIpc) is 2.47. The van der Waals surface area contributed by atoms with Gasteiger partial charge in [0.1, 0.15) is 17.2 Å². The molecule has 6 nitrogen and oxygen atoms in total. The van der Waals surface area contributed by atoms with Crippen LogP contribution in [0.15, 0.2) is 41.5 Å². The van der Waals surface area contributed by atoms with E-state index in [1.807, 2.05) is 0 Å². The van der Waals surface area contributed by atoms with Crippen molar-refractivity contribution in [2.45, 2.75) is 13.8 Å². The number of carbonyl (C=O) groups is 1. The van der Waals surface area contributed by atoms with Crippen molar-refractivity contribution in [2.75, 3.05) is 0 Å². The molecule has 114 valence electrons. The maximum Gasteiger partial charge on any atom is 0.275 e. The Hall–Kier alpha value is -3.02. The highest BCUT2D eigenvalue weighted by atomic mass is 16.3. The molecule has 0 aliphatic carbocycles. The van der Waals surface area contributed by atoms with E-state index in [-0.39, 0.29) is 22.8 Å². The van der Waals surface area contributed by atoms with Gasteiger partial charge in [-0.15, -0.1) is 0 Å². The van der Waals surface area contributed by atoms with Crippen LogP contribution in [0.5, 0.6) is 17.2 Å². The van der Waals surface area contributed by atoms with E-state index in [4.69, 9.17) is 0 Å². The van der Waals surface area contributed by atoms with Gasteiger partial charge in [0.05, 0.1) is 11.3 Å². The molecule has 0 aliphatic heterocycles. The summed E-state index contributed by atoms with van der Waals surface area (Å²) in [6.07, 6.45) is 0. The third kappa shape index (κ3) is 3.17. The number of aromatic hydroxyl groups is 3. The summed E-state index contributed by atoms with van der Waals surface area (Å²) < 4.78 is 0. The van der Waals surface area contributed by atoms with E-state index in [9.17, 15) is 20.1 Å². The molecular weight excluding hydrogens is 284 g/mol. The number of phenols is 3. The minimum Gasteiger partial charge on any atom is -0.508 e. The summed E-state index contributed by atoms with van der Waals surface area (Å²) in [5, 5.41) is 32.7. The summed E-state index contributed by atoms with van der Waals surface area (Å²) in [7, 11) is 0. The maximum atomic E-state index is 12.0.